The highest BCUT2D eigenvalue weighted by atomic mass is 32.1. The van der Waals surface area contributed by atoms with Crippen LogP contribution in [0.25, 0.3) is 0 Å². The lowest BCUT2D eigenvalue weighted by molar-refractivity contribution is -0.137. The maximum atomic E-state index is 12.9. The number of thiazole rings is 1. The maximum absolute atomic E-state index is 12.9. The predicted molar refractivity (Wildman–Crippen MR) is 121 cm³/mol. The Morgan fingerprint density at radius 3 is 2.44 bits per heavy atom. The number of rotatable bonds is 4. The fourth-order valence-electron chi connectivity index (χ4n) is 3.81. The van der Waals surface area contributed by atoms with E-state index in [9.17, 15) is 18.0 Å². The van der Waals surface area contributed by atoms with Gasteiger partial charge in [0.2, 0.25) is 5.91 Å². The number of hydrogen-bond acceptors (Lipinski definition) is 5. The van der Waals surface area contributed by atoms with Gasteiger partial charge in [-0.1, -0.05) is 20.8 Å². The molecule has 1 aromatic carbocycles. The van der Waals surface area contributed by atoms with Crippen LogP contribution in [0.1, 0.15) is 61.5 Å². The summed E-state index contributed by atoms with van der Waals surface area (Å²) in [6, 6.07) is 4.06. The Bertz CT molecular complexity index is 943. The molecule has 1 aromatic heterocycles. The first-order valence-corrected chi connectivity index (χ1v) is 11.5. The predicted octanol–water partition coefficient (Wildman–Crippen LogP) is 6.12. The third-order valence-electron chi connectivity index (χ3n) is 5.27. The minimum Gasteiger partial charge on any atom is -0.370 e. The summed E-state index contributed by atoms with van der Waals surface area (Å²) in [5, 5.41) is 3.64. The zero-order valence-electron chi connectivity index (χ0n) is 19.1. The van der Waals surface area contributed by atoms with E-state index in [1.54, 1.807) is 0 Å². The summed E-state index contributed by atoms with van der Waals surface area (Å²) in [7, 11) is 0. The summed E-state index contributed by atoms with van der Waals surface area (Å²) < 4.78 is 44.4. The Balaban J connectivity index is 1.70. The molecule has 5 nitrogen and oxygen atoms in total. The van der Waals surface area contributed by atoms with E-state index in [-0.39, 0.29) is 11.3 Å². The molecule has 2 aromatic rings. The number of anilines is 2. The zero-order valence-corrected chi connectivity index (χ0v) is 19.9. The molecular formula is C23H30F3N3O2S. The van der Waals surface area contributed by atoms with Crippen LogP contribution in [-0.4, -0.2) is 30.6 Å². The largest absolute Gasteiger partial charge is 0.443 e. The Hall–Kier alpha value is -2.13. The highest BCUT2D eigenvalue weighted by Gasteiger charge is 2.35. The van der Waals surface area contributed by atoms with E-state index in [1.165, 1.54) is 5.38 Å². The Kier molecular flexibility index (Phi) is 7.19. The van der Waals surface area contributed by atoms with Gasteiger partial charge in [-0.3, -0.25) is 4.79 Å². The van der Waals surface area contributed by atoms with Crippen LogP contribution in [0.3, 0.4) is 0 Å². The summed E-state index contributed by atoms with van der Waals surface area (Å²) in [6.07, 6.45) is -3.90. The third-order valence-corrected chi connectivity index (χ3v) is 6.18. The fourth-order valence-corrected chi connectivity index (χ4v) is 4.54. The van der Waals surface area contributed by atoms with Crippen molar-refractivity contribution in [1.29, 1.82) is 0 Å². The molecule has 1 saturated heterocycles. The second kappa shape index (κ2) is 9.39. The normalized spacial score (nSPS) is 17.9. The number of carbonyl (C=O) groups is 1. The van der Waals surface area contributed by atoms with Crippen LogP contribution in [0.2, 0.25) is 0 Å². The number of ether oxygens (including phenoxy) is 1. The first-order valence-electron chi connectivity index (χ1n) is 10.6. The van der Waals surface area contributed by atoms with Crippen molar-refractivity contribution in [3.8, 4) is 0 Å². The fraction of sp³-hybridized carbons (Fsp3) is 0.565. The average molecular weight is 470 g/mol. The molecule has 3 rings (SSSR count). The molecule has 0 saturated carbocycles. The number of nitrogens with zero attached hydrogens (tertiary/aromatic N) is 2. The molecule has 32 heavy (non-hydrogen) atoms. The molecule has 1 N–H and O–H groups in total. The van der Waals surface area contributed by atoms with Gasteiger partial charge >= 0.3 is 6.18 Å². The molecule has 176 valence electrons. The standard InChI is InChI=1S/C23H30F3N3O2S/c1-14-10-16(11-15(2)20(14)28-19(30)12-22(3,4)5)29-7-6-18(31-9-8-29)17-13-32-21(27-17)23(24,25)26/h10-11,13,18H,6-9,12H2,1-5H3,(H,28,30)/t18-/m0/s1. The van der Waals surface area contributed by atoms with Crippen LogP contribution >= 0.6 is 11.3 Å². The number of carbonyl (C=O) groups excluding carboxylic acids is 1. The summed E-state index contributed by atoms with van der Waals surface area (Å²) in [6.45, 7) is 11.7. The molecule has 1 aliphatic rings. The van der Waals surface area contributed by atoms with E-state index < -0.39 is 17.3 Å². The lowest BCUT2D eigenvalue weighted by Crippen LogP contribution is -2.26. The van der Waals surface area contributed by atoms with Gasteiger partial charge in [-0.2, -0.15) is 13.2 Å². The van der Waals surface area contributed by atoms with Crippen LogP contribution < -0.4 is 10.2 Å². The molecule has 0 spiro atoms. The quantitative estimate of drug-likeness (QED) is 0.586. The monoisotopic (exact) mass is 469 g/mol. The molecule has 9 heteroatoms. The molecule has 0 unspecified atom stereocenters. The van der Waals surface area contributed by atoms with Gasteiger partial charge in [0.25, 0.3) is 0 Å². The van der Waals surface area contributed by atoms with E-state index in [1.807, 2.05) is 46.8 Å². The van der Waals surface area contributed by atoms with E-state index in [4.69, 9.17) is 4.74 Å². The molecular weight excluding hydrogens is 439 g/mol. The van der Waals surface area contributed by atoms with Gasteiger partial charge in [0.05, 0.1) is 12.3 Å². The van der Waals surface area contributed by atoms with E-state index in [0.717, 1.165) is 22.5 Å². The number of nitrogens with one attached hydrogen (secondary N) is 1. The van der Waals surface area contributed by atoms with E-state index >= 15 is 0 Å². The van der Waals surface area contributed by atoms with Crippen LogP contribution in [-0.2, 0) is 15.7 Å². The lowest BCUT2D eigenvalue weighted by Gasteiger charge is -2.25. The topological polar surface area (TPSA) is 54.5 Å². The molecule has 1 amide bonds. The number of halogens is 3. The number of aryl methyl sites for hydroxylation is 2. The van der Waals surface area contributed by atoms with Crippen molar-refractivity contribution in [3.63, 3.8) is 0 Å². The van der Waals surface area contributed by atoms with E-state index in [2.05, 4.69) is 15.2 Å². The van der Waals surface area contributed by atoms with Crippen LogP contribution in [0.5, 0.6) is 0 Å². The minimum atomic E-state index is -4.43. The SMILES string of the molecule is Cc1cc(N2CCO[C@H](c3csc(C(F)(F)F)n3)CC2)cc(C)c1NC(=O)CC(C)(C)C. The number of alkyl halides is 3. The van der Waals surface area contributed by atoms with Crippen molar-refractivity contribution in [2.75, 3.05) is 29.9 Å². The lowest BCUT2D eigenvalue weighted by atomic mass is 9.92. The Labute approximate surface area is 191 Å². The summed E-state index contributed by atoms with van der Waals surface area (Å²) in [4.78, 5) is 18.3. The third kappa shape index (κ3) is 6.22. The van der Waals surface area contributed by atoms with Crippen LogP contribution in [0, 0.1) is 19.3 Å². The van der Waals surface area contributed by atoms with Crippen molar-refractivity contribution in [2.45, 2.75) is 59.7 Å². The van der Waals surface area contributed by atoms with Gasteiger partial charge in [-0.05, 0) is 48.9 Å². The molecule has 1 atom stereocenters. The van der Waals surface area contributed by atoms with Gasteiger partial charge in [0, 0.05) is 36.3 Å². The summed E-state index contributed by atoms with van der Waals surface area (Å²) >= 11 is 0.603. The minimum absolute atomic E-state index is 0.0102. The molecule has 1 aliphatic heterocycles. The van der Waals surface area contributed by atoms with Crippen molar-refractivity contribution >= 4 is 28.6 Å². The highest BCUT2D eigenvalue weighted by molar-refractivity contribution is 7.09. The van der Waals surface area contributed by atoms with Crippen molar-refractivity contribution in [2.24, 2.45) is 5.41 Å². The smallest absolute Gasteiger partial charge is 0.370 e. The van der Waals surface area contributed by atoms with Crippen LogP contribution in [0.15, 0.2) is 17.5 Å². The zero-order chi connectivity index (χ0) is 23.7. The first kappa shape index (κ1) is 24.5. The maximum Gasteiger partial charge on any atom is 0.443 e. The number of benzene rings is 1. The number of aromatic nitrogens is 1. The number of hydrogen-bond donors (Lipinski definition) is 1. The van der Waals surface area contributed by atoms with Gasteiger partial charge in [-0.25, -0.2) is 4.98 Å². The summed E-state index contributed by atoms with van der Waals surface area (Å²) in [5.74, 6) is -0.0102. The van der Waals surface area contributed by atoms with Crippen LogP contribution in [0.4, 0.5) is 24.5 Å². The second-order valence-corrected chi connectivity index (χ2v) is 10.3. The molecule has 1 fully saturated rings. The molecule has 0 radical (unpaired) electrons. The summed E-state index contributed by atoms with van der Waals surface area (Å²) in [5.41, 5.74) is 4.03. The van der Waals surface area contributed by atoms with Crippen molar-refractivity contribution in [3.05, 3.63) is 39.3 Å². The van der Waals surface area contributed by atoms with E-state index in [0.29, 0.717) is 49.6 Å². The van der Waals surface area contributed by atoms with Crippen molar-refractivity contribution < 1.29 is 22.7 Å². The Morgan fingerprint density at radius 1 is 1.22 bits per heavy atom. The number of amides is 1. The second-order valence-electron chi connectivity index (χ2n) is 9.45. The van der Waals surface area contributed by atoms with Gasteiger partial charge in [0.15, 0.2) is 5.01 Å². The highest BCUT2D eigenvalue weighted by Crippen LogP contribution is 2.35. The molecule has 2 heterocycles. The van der Waals surface area contributed by atoms with Gasteiger partial charge in [0.1, 0.15) is 6.10 Å². The van der Waals surface area contributed by atoms with Crippen molar-refractivity contribution in [1.82, 2.24) is 4.98 Å². The average Bonchev–Trinajstić information content (AvgIpc) is 3.02. The first-order chi connectivity index (χ1) is 14.8. The molecule has 0 bridgehead atoms. The van der Waals surface area contributed by atoms with Gasteiger partial charge < -0.3 is 15.0 Å². The molecule has 0 aliphatic carbocycles. The van der Waals surface area contributed by atoms with Gasteiger partial charge in [-0.15, -0.1) is 11.3 Å². The Morgan fingerprint density at radius 2 is 1.88 bits per heavy atom.